The molecule has 0 spiro atoms. The maximum atomic E-state index is 11.5. The SMILES string of the molecule is CCc1cnc(CNC(=O)NC2(C(=O)O)CC2)o1. The smallest absolute Gasteiger partial charge is 0.329 e. The van der Waals surface area contributed by atoms with Crippen molar-refractivity contribution in [3.8, 4) is 0 Å². The first kappa shape index (κ1) is 12.4. The summed E-state index contributed by atoms with van der Waals surface area (Å²) >= 11 is 0. The molecule has 2 rings (SSSR count). The number of aliphatic carboxylic acids is 1. The molecule has 1 aliphatic carbocycles. The maximum Gasteiger partial charge on any atom is 0.329 e. The van der Waals surface area contributed by atoms with Crippen molar-refractivity contribution in [2.45, 2.75) is 38.3 Å². The highest BCUT2D eigenvalue weighted by Gasteiger charge is 2.51. The number of rotatable bonds is 5. The number of aryl methyl sites for hydroxylation is 1. The van der Waals surface area contributed by atoms with Gasteiger partial charge in [0.2, 0.25) is 5.89 Å². The molecular formula is C11H15N3O4. The average molecular weight is 253 g/mol. The van der Waals surface area contributed by atoms with E-state index >= 15 is 0 Å². The molecule has 1 aromatic heterocycles. The quantitative estimate of drug-likeness (QED) is 0.714. The monoisotopic (exact) mass is 253 g/mol. The number of aromatic nitrogens is 1. The van der Waals surface area contributed by atoms with Gasteiger partial charge in [-0.15, -0.1) is 0 Å². The third-order valence-electron chi connectivity index (χ3n) is 2.86. The second-order valence-electron chi connectivity index (χ2n) is 4.27. The van der Waals surface area contributed by atoms with Gasteiger partial charge in [-0.25, -0.2) is 14.6 Å². The zero-order valence-electron chi connectivity index (χ0n) is 10.0. The number of hydrogen-bond acceptors (Lipinski definition) is 4. The minimum Gasteiger partial charge on any atom is -0.480 e. The van der Waals surface area contributed by atoms with Crippen LogP contribution in [-0.2, 0) is 17.8 Å². The Morgan fingerprint density at radius 2 is 2.28 bits per heavy atom. The zero-order valence-corrected chi connectivity index (χ0v) is 10.0. The second kappa shape index (κ2) is 4.67. The summed E-state index contributed by atoms with van der Waals surface area (Å²) in [5.74, 6) is 0.153. The molecule has 0 aliphatic heterocycles. The van der Waals surface area contributed by atoms with E-state index in [2.05, 4.69) is 15.6 Å². The van der Waals surface area contributed by atoms with Gasteiger partial charge in [-0.2, -0.15) is 0 Å². The molecule has 1 aliphatic rings. The topological polar surface area (TPSA) is 104 Å². The molecule has 3 N–H and O–H groups in total. The highest BCUT2D eigenvalue weighted by molar-refractivity contribution is 5.88. The van der Waals surface area contributed by atoms with Crippen LogP contribution in [0, 0.1) is 0 Å². The number of carboxylic acid groups (broad SMARTS) is 1. The Morgan fingerprint density at radius 1 is 1.56 bits per heavy atom. The summed E-state index contributed by atoms with van der Waals surface area (Å²) in [5, 5.41) is 13.9. The lowest BCUT2D eigenvalue weighted by molar-refractivity contribution is -0.140. The average Bonchev–Trinajstić information content (AvgIpc) is 2.97. The lowest BCUT2D eigenvalue weighted by Gasteiger charge is -2.12. The molecule has 1 aromatic rings. The van der Waals surface area contributed by atoms with E-state index in [0.29, 0.717) is 18.7 Å². The Kier molecular flexibility index (Phi) is 3.22. The predicted octanol–water partition coefficient (Wildman–Crippen LogP) is 0.653. The van der Waals surface area contributed by atoms with E-state index in [1.807, 2.05) is 6.92 Å². The third kappa shape index (κ3) is 2.61. The van der Waals surface area contributed by atoms with E-state index in [9.17, 15) is 9.59 Å². The van der Waals surface area contributed by atoms with E-state index in [4.69, 9.17) is 9.52 Å². The molecule has 7 heteroatoms. The Hall–Kier alpha value is -2.05. The van der Waals surface area contributed by atoms with Gasteiger partial charge < -0.3 is 20.2 Å². The Balaban J connectivity index is 1.80. The van der Waals surface area contributed by atoms with E-state index in [1.54, 1.807) is 6.20 Å². The summed E-state index contributed by atoms with van der Waals surface area (Å²) in [4.78, 5) is 26.3. The standard InChI is InChI=1S/C11H15N3O4/c1-2-7-5-12-8(18-7)6-13-10(17)14-11(3-4-11)9(15)16/h5H,2-4,6H2,1H3,(H,15,16)(H2,13,14,17). The van der Waals surface area contributed by atoms with Crippen molar-refractivity contribution in [3.63, 3.8) is 0 Å². The van der Waals surface area contributed by atoms with E-state index < -0.39 is 17.5 Å². The largest absolute Gasteiger partial charge is 0.480 e. The normalized spacial score (nSPS) is 16.1. The van der Waals surface area contributed by atoms with Gasteiger partial charge >= 0.3 is 12.0 Å². The summed E-state index contributed by atoms with van der Waals surface area (Å²) in [7, 11) is 0. The summed E-state index contributed by atoms with van der Waals surface area (Å²) < 4.78 is 5.31. The molecule has 7 nitrogen and oxygen atoms in total. The fraction of sp³-hybridized carbons (Fsp3) is 0.545. The van der Waals surface area contributed by atoms with Crippen LogP contribution in [0.4, 0.5) is 4.79 Å². The minimum atomic E-state index is -1.07. The zero-order chi connectivity index (χ0) is 13.2. The first-order valence-corrected chi connectivity index (χ1v) is 5.79. The summed E-state index contributed by atoms with van der Waals surface area (Å²) in [5.41, 5.74) is -1.07. The van der Waals surface area contributed by atoms with Crippen molar-refractivity contribution in [2.75, 3.05) is 0 Å². The Labute approximate surface area is 104 Å². The molecule has 1 fully saturated rings. The van der Waals surface area contributed by atoms with Crippen LogP contribution in [0.25, 0.3) is 0 Å². The van der Waals surface area contributed by atoms with Crippen molar-refractivity contribution in [2.24, 2.45) is 0 Å². The van der Waals surface area contributed by atoms with Crippen molar-refractivity contribution >= 4 is 12.0 Å². The van der Waals surface area contributed by atoms with E-state index in [0.717, 1.165) is 12.2 Å². The molecule has 0 aromatic carbocycles. The van der Waals surface area contributed by atoms with Gasteiger partial charge in [-0.3, -0.25) is 0 Å². The third-order valence-corrected chi connectivity index (χ3v) is 2.86. The minimum absolute atomic E-state index is 0.140. The predicted molar refractivity (Wildman–Crippen MR) is 60.9 cm³/mol. The van der Waals surface area contributed by atoms with Crippen molar-refractivity contribution < 1.29 is 19.1 Å². The first-order chi connectivity index (χ1) is 8.55. The van der Waals surface area contributed by atoms with E-state index in [1.165, 1.54) is 0 Å². The number of amides is 2. The van der Waals surface area contributed by atoms with Crippen molar-refractivity contribution in [1.29, 1.82) is 0 Å². The molecule has 0 atom stereocenters. The van der Waals surface area contributed by atoms with Gasteiger partial charge in [0.25, 0.3) is 0 Å². The fourth-order valence-corrected chi connectivity index (χ4v) is 1.53. The fourth-order valence-electron chi connectivity index (χ4n) is 1.53. The number of nitrogens with one attached hydrogen (secondary N) is 2. The molecule has 98 valence electrons. The highest BCUT2D eigenvalue weighted by atomic mass is 16.4. The number of urea groups is 1. The van der Waals surface area contributed by atoms with Crippen LogP contribution in [0.15, 0.2) is 10.6 Å². The molecule has 0 bridgehead atoms. The molecular weight excluding hydrogens is 238 g/mol. The second-order valence-corrected chi connectivity index (χ2v) is 4.27. The summed E-state index contributed by atoms with van der Waals surface area (Å²) in [6, 6.07) is -0.522. The number of nitrogens with zero attached hydrogens (tertiary/aromatic N) is 1. The van der Waals surface area contributed by atoms with Gasteiger partial charge in [0.1, 0.15) is 11.3 Å². The molecule has 2 amide bonds. The number of carbonyl (C=O) groups excluding carboxylic acids is 1. The molecule has 0 unspecified atom stereocenters. The van der Waals surface area contributed by atoms with Crippen LogP contribution in [0.1, 0.15) is 31.4 Å². The maximum absolute atomic E-state index is 11.5. The van der Waals surface area contributed by atoms with Crippen LogP contribution in [0.2, 0.25) is 0 Å². The van der Waals surface area contributed by atoms with E-state index in [-0.39, 0.29) is 6.54 Å². The summed E-state index contributed by atoms with van der Waals surface area (Å²) in [6.07, 6.45) is 3.28. The molecule has 0 saturated heterocycles. The van der Waals surface area contributed by atoms with Gasteiger partial charge in [0.15, 0.2) is 0 Å². The lowest BCUT2D eigenvalue weighted by Crippen LogP contribution is -2.47. The Bertz CT molecular complexity index is 465. The van der Waals surface area contributed by atoms with Crippen molar-refractivity contribution in [1.82, 2.24) is 15.6 Å². The van der Waals surface area contributed by atoms with Gasteiger partial charge in [-0.1, -0.05) is 6.92 Å². The molecule has 1 saturated carbocycles. The molecule has 18 heavy (non-hydrogen) atoms. The first-order valence-electron chi connectivity index (χ1n) is 5.79. The number of carbonyl (C=O) groups is 2. The lowest BCUT2D eigenvalue weighted by atomic mass is 10.3. The van der Waals surface area contributed by atoms with Crippen molar-refractivity contribution in [3.05, 3.63) is 17.8 Å². The number of oxazole rings is 1. The number of hydrogen-bond donors (Lipinski definition) is 3. The molecule has 1 heterocycles. The van der Waals surface area contributed by atoms with Crippen LogP contribution in [0.3, 0.4) is 0 Å². The highest BCUT2D eigenvalue weighted by Crippen LogP contribution is 2.35. The van der Waals surface area contributed by atoms with Crippen LogP contribution in [0.5, 0.6) is 0 Å². The Morgan fingerprint density at radius 3 is 2.78 bits per heavy atom. The molecule has 0 radical (unpaired) electrons. The van der Waals surface area contributed by atoms with Gasteiger partial charge in [0.05, 0.1) is 12.7 Å². The number of carboxylic acids is 1. The van der Waals surface area contributed by atoms with Gasteiger partial charge in [-0.05, 0) is 12.8 Å². The van der Waals surface area contributed by atoms with Gasteiger partial charge in [0, 0.05) is 6.42 Å². The van der Waals surface area contributed by atoms with Crippen LogP contribution < -0.4 is 10.6 Å². The van der Waals surface area contributed by atoms with Crippen LogP contribution >= 0.6 is 0 Å². The van der Waals surface area contributed by atoms with Crippen LogP contribution in [-0.4, -0.2) is 27.6 Å². The summed E-state index contributed by atoms with van der Waals surface area (Å²) in [6.45, 7) is 2.08.